The average molecular weight is 382 g/mol. The van der Waals surface area contributed by atoms with E-state index in [-0.39, 0.29) is 23.9 Å². The van der Waals surface area contributed by atoms with Crippen LogP contribution in [0, 0.1) is 0 Å². The standard InChI is InChI=1S/C20H22N4O2S/c25-18(7-10-24-14-21-19-17(20(24)26)8-11-27-19)22-16-6-9-23(13-16)12-15-4-2-1-3-5-15/h1-5,8,11,14,16H,6-7,9-10,12-13H2,(H,22,25)/t16-/m0/s1. The normalized spacial score (nSPS) is 17.4. The second-order valence-electron chi connectivity index (χ2n) is 6.91. The minimum Gasteiger partial charge on any atom is -0.352 e. The Morgan fingerprint density at radius 3 is 2.96 bits per heavy atom. The van der Waals surface area contributed by atoms with E-state index < -0.39 is 0 Å². The van der Waals surface area contributed by atoms with Gasteiger partial charge >= 0.3 is 0 Å². The summed E-state index contributed by atoms with van der Waals surface area (Å²) in [5.74, 6) is -0.0149. The van der Waals surface area contributed by atoms with Crippen molar-refractivity contribution in [1.82, 2.24) is 19.8 Å². The van der Waals surface area contributed by atoms with Gasteiger partial charge in [-0.05, 0) is 23.4 Å². The topological polar surface area (TPSA) is 67.2 Å². The number of carbonyl (C=O) groups excluding carboxylic acids is 1. The summed E-state index contributed by atoms with van der Waals surface area (Å²) in [6.07, 6.45) is 2.78. The Bertz CT molecular complexity index is 982. The minimum absolute atomic E-state index is 0.0149. The van der Waals surface area contributed by atoms with Crippen molar-refractivity contribution < 1.29 is 4.79 Å². The number of likely N-dealkylation sites (tertiary alicyclic amines) is 1. The van der Waals surface area contributed by atoms with Gasteiger partial charge < -0.3 is 5.32 Å². The van der Waals surface area contributed by atoms with Crippen LogP contribution in [0.15, 0.2) is 52.9 Å². The van der Waals surface area contributed by atoms with Crippen molar-refractivity contribution in [3.05, 3.63) is 64.0 Å². The van der Waals surface area contributed by atoms with Gasteiger partial charge in [0.1, 0.15) is 4.83 Å². The largest absolute Gasteiger partial charge is 0.352 e. The zero-order valence-corrected chi connectivity index (χ0v) is 15.8. The highest BCUT2D eigenvalue weighted by atomic mass is 32.1. The summed E-state index contributed by atoms with van der Waals surface area (Å²) >= 11 is 1.45. The number of carbonyl (C=O) groups is 1. The molecule has 0 bridgehead atoms. The smallest absolute Gasteiger partial charge is 0.262 e. The van der Waals surface area contributed by atoms with Crippen molar-refractivity contribution in [2.45, 2.75) is 32.0 Å². The molecule has 0 aliphatic carbocycles. The minimum atomic E-state index is -0.0797. The lowest BCUT2D eigenvalue weighted by Gasteiger charge is -2.17. The lowest BCUT2D eigenvalue weighted by atomic mass is 10.2. The van der Waals surface area contributed by atoms with Crippen LogP contribution in [-0.2, 0) is 17.9 Å². The fourth-order valence-electron chi connectivity index (χ4n) is 3.51. The van der Waals surface area contributed by atoms with Crippen LogP contribution in [-0.4, -0.2) is 39.5 Å². The average Bonchev–Trinajstić information content (AvgIpc) is 3.32. The molecule has 140 valence electrons. The van der Waals surface area contributed by atoms with Crippen LogP contribution < -0.4 is 10.9 Å². The van der Waals surface area contributed by atoms with E-state index in [0.717, 1.165) is 30.9 Å². The molecule has 1 aromatic carbocycles. The molecule has 1 atom stereocenters. The number of thiophene rings is 1. The molecule has 6 nitrogen and oxygen atoms in total. The summed E-state index contributed by atoms with van der Waals surface area (Å²) in [6.45, 7) is 3.11. The first-order valence-electron chi connectivity index (χ1n) is 9.17. The summed E-state index contributed by atoms with van der Waals surface area (Å²) in [5.41, 5.74) is 1.21. The fraction of sp³-hybridized carbons (Fsp3) is 0.350. The molecular weight excluding hydrogens is 360 g/mol. The maximum Gasteiger partial charge on any atom is 0.262 e. The van der Waals surface area contributed by atoms with Crippen LogP contribution in [0.3, 0.4) is 0 Å². The van der Waals surface area contributed by atoms with Crippen LogP contribution in [0.2, 0.25) is 0 Å². The first kappa shape index (κ1) is 17.9. The highest BCUT2D eigenvalue weighted by Crippen LogP contribution is 2.14. The van der Waals surface area contributed by atoms with Gasteiger partial charge in [-0.15, -0.1) is 11.3 Å². The zero-order valence-electron chi connectivity index (χ0n) is 15.0. The van der Waals surface area contributed by atoms with Gasteiger partial charge in [-0.3, -0.25) is 19.1 Å². The Balaban J connectivity index is 1.27. The van der Waals surface area contributed by atoms with Gasteiger partial charge in [0.25, 0.3) is 5.56 Å². The maximum atomic E-state index is 12.4. The highest BCUT2D eigenvalue weighted by molar-refractivity contribution is 7.16. The van der Waals surface area contributed by atoms with Crippen molar-refractivity contribution in [3.63, 3.8) is 0 Å². The van der Waals surface area contributed by atoms with Crippen LogP contribution in [0.25, 0.3) is 10.2 Å². The number of nitrogens with one attached hydrogen (secondary N) is 1. The third-order valence-corrected chi connectivity index (χ3v) is 5.74. The molecule has 1 aliphatic rings. The summed E-state index contributed by atoms with van der Waals surface area (Å²) in [5, 5.41) is 5.58. The number of rotatable bonds is 6. The van der Waals surface area contributed by atoms with Gasteiger partial charge in [0.2, 0.25) is 5.91 Å². The predicted molar refractivity (Wildman–Crippen MR) is 107 cm³/mol. The van der Waals surface area contributed by atoms with Crippen molar-refractivity contribution in [3.8, 4) is 0 Å². The van der Waals surface area contributed by atoms with Crippen LogP contribution in [0.5, 0.6) is 0 Å². The Morgan fingerprint density at radius 1 is 1.26 bits per heavy atom. The van der Waals surface area contributed by atoms with Gasteiger partial charge in [0, 0.05) is 38.6 Å². The molecular formula is C20H22N4O2S. The van der Waals surface area contributed by atoms with Gasteiger partial charge in [0.15, 0.2) is 0 Å². The predicted octanol–water partition coefficient (Wildman–Crippen LogP) is 2.24. The molecule has 2 aromatic heterocycles. The van der Waals surface area contributed by atoms with E-state index in [1.165, 1.54) is 27.8 Å². The fourth-order valence-corrected chi connectivity index (χ4v) is 4.23. The molecule has 0 radical (unpaired) electrons. The van der Waals surface area contributed by atoms with Crippen LogP contribution in [0.1, 0.15) is 18.4 Å². The quantitative estimate of drug-likeness (QED) is 0.710. The molecule has 7 heteroatoms. The van der Waals surface area contributed by atoms with E-state index in [0.29, 0.717) is 11.9 Å². The third kappa shape index (κ3) is 4.26. The number of amides is 1. The van der Waals surface area contributed by atoms with Crippen LogP contribution in [0.4, 0.5) is 0 Å². The summed E-state index contributed by atoms with van der Waals surface area (Å²) in [7, 11) is 0. The monoisotopic (exact) mass is 382 g/mol. The van der Waals surface area contributed by atoms with Gasteiger partial charge in [-0.1, -0.05) is 30.3 Å². The van der Waals surface area contributed by atoms with E-state index in [2.05, 4.69) is 39.5 Å². The molecule has 1 saturated heterocycles. The molecule has 27 heavy (non-hydrogen) atoms. The SMILES string of the molecule is O=C(CCn1cnc2sccc2c1=O)N[C@H]1CCN(Cc2ccccc2)C1. The van der Waals surface area contributed by atoms with Gasteiger partial charge in [-0.25, -0.2) is 4.98 Å². The number of hydrogen-bond acceptors (Lipinski definition) is 5. The van der Waals surface area contributed by atoms with E-state index in [4.69, 9.17) is 0 Å². The summed E-state index contributed by atoms with van der Waals surface area (Å²) < 4.78 is 1.52. The lowest BCUT2D eigenvalue weighted by Crippen LogP contribution is -2.37. The van der Waals surface area contributed by atoms with E-state index >= 15 is 0 Å². The molecule has 0 saturated carbocycles. The van der Waals surface area contributed by atoms with Crippen molar-refractivity contribution in [1.29, 1.82) is 0 Å². The van der Waals surface area contributed by atoms with E-state index in [9.17, 15) is 9.59 Å². The molecule has 1 fully saturated rings. The maximum absolute atomic E-state index is 12.4. The van der Waals surface area contributed by atoms with Crippen molar-refractivity contribution >= 4 is 27.5 Å². The molecule has 3 aromatic rings. The molecule has 1 aliphatic heterocycles. The number of aryl methyl sites for hydroxylation is 1. The summed E-state index contributed by atoms with van der Waals surface area (Å²) in [4.78, 5) is 32.0. The Hall–Kier alpha value is -2.51. The second-order valence-corrected chi connectivity index (χ2v) is 7.80. The first-order valence-corrected chi connectivity index (χ1v) is 10.1. The number of aromatic nitrogens is 2. The molecule has 4 rings (SSSR count). The first-order chi connectivity index (χ1) is 13.2. The number of benzene rings is 1. The summed E-state index contributed by atoms with van der Waals surface area (Å²) in [6, 6.07) is 12.3. The Labute approximate surface area is 161 Å². The Kier molecular flexibility index (Phi) is 5.31. The lowest BCUT2D eigenvalue weighted by molar-refractivity contribution is -0.121. The zero-order chi connectivity index (χ0) is 18.6. The second kappa shape index (κ2) is 8.02. The van der Waals surface area contributed by atoms with E-state index in [1.54, 1.807) is 6.07 Å². The van der Waals surface area contributed by atoms with Crippen molar-refractivity contribution in [2.24, 2.45) is 0 Å². The van der Waals surface area contributed by atoms with Gasteiger partial charge in [0.05, 0.1) is 11.7 Å². The van der Waals surface area contributed by atoms with Crippen LogP contribution >= 0.6 is 11.3 Å². The van der Waals surface area contributed by atoms with Crippen molar-refractivity contribution in [2.75, 3.05) is 13.1 Å². The third-order valence-electron chi connectivity index (χ3n) is 4.92. The highest BCUT2D eigenvalue weighted by Gasteiger charge is 2.23. The molecule has 1 N–H and O–H groups in total. The van der Waals surface area contributed by atoms with E-state index in [1.807, 2.05) is 11.4 Å². The molecule has 0 unspecified atom stereocenters. The van der Waals surface area contributed by atoms with Gasteiger partial charge in [-0.2, -0.15) is 0 Å². The molecule has 0 spiro atoms. The Morgan fingerprint density at radius 2 is 2.11 bits per heavy atom. The molecule has 1 amide bonds. The number of hydrogen-bond donors (Lipinski definition) is 1. The molecule has 3 heterocycles. The number of nitrogens with zero attached hydrogens (tertiary/aromatic N) is 3. The number of fused-ring (bicyclic) bond motifs is 1.